The fourth-order valence-corrected chi connectivity index (χ4v) is 2.29. The average molecular weight is 196 g/mol. The molecule has 0 atom stereocenters. The van der Waals surface area contributed by atoms with Gasteiger partial charge in [-0.25, -0.2) is 4.79 Å². The Morgan fingerprint density at radius 3 is 2.71 bits per heavy atom. The summed E-state index contributed by atoms with van der Waals surface area (Å²) < 4.78 is 0. The molecule has 0 aromatic heterocycles. The topological polar surface area (TPSA) is 32.3 Å². The largest absolute Gasteiger partial charge is 0.338 e. The van der Waals surface area contributed by atoms with Gasteiger partial charge in [-0.05, 0) is 30.6 Å². The minimum Gasteiger partial charge on any atom is -0.338 e. The maximum absolute atomic E-state index is 11.5. The number of carbonyl (C=O) groups is 1. The standard InChI is InChI=1S/C11H20N2O/c1-9(2)11(4-5-11)8-13-7-3-6-12-10(13)14/h9H,3-8H2,1-2H3,(H,12,14). The predicted octanol–water partition coefficient (Wildman–Crippen LogP) is 1.84. The van der Waals surface area contributed by atoms with Gasteiger partial charge in [-0.2, -0.15) is 0 Å². The van der Waals surface area contributed by atoms with Crippen LogP contribution in [0.4, 0.5) is 4.79 Å². The first-order valence-corrected chi connectivity index (χ1v) is 5.67. The molecule has 2 amide bonds. The zero-order valence-corrected chi connectivity index (χ0v) is 9.18. The summed E-state index contributed by atoms with van der Waals surface area (Å²) in [7, 11) is 0. The summed E-state index contributed by atoms with van der Waals surface area (Å²) in [5.41, 5.74) is 0.453. The van der Waals surface area contributed by atoms with Gasteiger partial charge in [0.15, 0.2) is 0 Å². The predicted molar refractivity (Wildman–Crippen MR) is 56.1 cm³/mol. The van der Waals surface area contributed by atoms with E-state index in [2.05, 4.69) is 19.2 Å². The van der Waals surface area contributed by atoms with Crippen molar-refractivity contribution in [2.24, 2.45) is 11.3 Å². The first-order valence-electron chi connectivity index (χ1n) is 5.67. The van der Waals surface area contributed by atoms with Crippen molar-refractivity contribution in [3.8, 4) is 0 Å². The Hall–Kier alpha value is -0.730. The Labute approximate surface area is 85.8 Å². The maximum Gasteiger partial charge on any atom is 0.317 e. The minimum absolute atomic E-state index is 0.142. The molecular formula is C11H20N2O. The highest BCUT2D eigenvalue weighted by Gasteiger charge is 2.47. The van der Waals surface area contributed by atoms with Crippen molar-refractivity contribution < 1.29 is 4.79 Å². The van der Waals surface area contributed by atoms with Crippen molar-refractivity contribution in [1.29, 1.82) is 0 Å². The Morgan fingerprint density at radius 2 is 2.21 bits per heavy atom. The summed E-state index contributed by atoms with van der Waals surface area (Å²) in [6.07, 6.45) is 3.70. The molecule has 3 heteroatoms. The van der Waals surface area contributed by atoms with Gasteiger partial charge >= 0.3 is 6.03 Å². The molecule has 1 saturated carbocycles. The van der Waals surface area contributed by atoms with Crippen LogP contribution in [-0.2, 0) is 0 Å². The van der Waals surface area contributed by atoms with Crippen LogP contribution in [0.2, 0.25) is 0 Å². The molecule has 0 unspecified atom stereocenters. The Kier molecular flexibility index (Phi) is 2.41. The fourth-order valence-electron chi connectivity index (χ4n) is 2.29. The van der Waals surface area contributed by atoms with E-state index in [1.807, 2.05) is 4.90 Å². The zero-order valence-electron chi connectivity index (χ0n) is 9.18. The summed E-state index contributed by atoms with van der Waals surface area (Å²) >= 11 is 0. The van der Waals surface area contributed by atoms with Gasteiger partial charge in [-0.3, -0.25) is 0 Å². The van der Waals surface area contributed by atoms with Crippen LogP contribution in [0.1, 0.15) is 33.1 Å². The van der Waals surface area contributed by atoms with Crippen LogP contribution in [0.15, 0.2) is 0 Å². The van der Waals surface area contributed by atoms with Crippen molar-refractivity contribution in [3.05, 3.63) is 0 Å². The van der Waals surface area contributed by atoms with Crippen molar-refractivity contribution in [1.82, 2.24) is 10.2 Å². The zero-order chi connectivity index (χ0) is 10.2. The second kappa shape index (κ2) is 3.44. The third-order valence-corrected chi connectivity index (χ3v) is 3.79. The van der Waals surface area contributed by atoms with Gasteiger partial charge in [-0.15, -0.1) is 0 Å². The fraction of sp³-hybridized carbons (Fsp3) is 0.909. The number of urea groups is 1. The van der Waals surface area contributed by atoms with Gasteiger partial charge in [0.25, 0.3) is 0 Å². The molecule has 1 N–H and O–H groups in total. The van der Waals surface area contributed by atoms with E-state index in [1.165, 1.54) is 12.8 Å². The molecule has 1 saturated heterocycles. The first kappa shape index (κ1) is 9.81. The lowest BCUT2D eigenvalue weighted by Crippen LogP contribution is -2.49. The van der Waals surface area contributed by atoms with Crippen LogP contribution < -0.4 is 5.32 Å². The van der Waals surface area contributed by atoms with E-state index in [0.29, 0.717) is 11.3 Å². The van der Waals surface area contributed by atoms with Gasteiger partial charge in [0, 0.05) is 19.6 Å². The van der Waals surface area contributed by atoms with Crippen LogP contribution >= 0.6 is 0 Å². The van der Waals surface area contributed by atoms with E-state index in [-0.39, 0.29) is 6.03 Å². The molecule has 0 aromatic rings. The lowest BCUT2D eigenvalue weighted by molar-refractivity contribution is 0.160. The Bertz CT molecular complexity index is 233. The van der Waals surface area contributed by atoms with E-state index < -0.39 is 0 Å². The molecule has 1 heterocycles. The molecular weight excluding hydrogens is 176 g/mol. The van der Waals surface area contributed by atoms with Crippen LogP contribution in [0.25, 0.3) is 0 Å². The monoisotopic (exact) mass is 196 g/mol. The quantitative estimate of drug-likeness (QED) is 0.734. The lowest BCUT2D eigenvalue weighted by atomic mass is 9.92. The summed E-state index contributed by atoms with van der Waals surface area (Å²) in [4.78, 5) is 13.5. The molecule has 0 radical (unpaired) electrons. The Morgan fingerprint density at radius 1 is 1.50 bits per heavy atom. The van der Waals surface area contributed by atoms with Gasteiger partial charge in [0.1, 0.15) is 0 Å². The number of carbonyl (C=O) groups excluding carboxylic acids is 1. The number of nitrogens with zero attached hydrogens (tertiary/aromatic N) is 1. The number of nitrogens with one attached hydrogen (secondary N) is 1. The molecule has 80 valence electrons. The average Bonchev–Trinajstić information content (AvgIpc) is 2.90. The van der Waals surface area contributed by atoms with Gasteiger partial charge in [0.2, 0.25) is 0 Å². The second-order valence-corrected chi connectivity index (χ2v) is 5.02. The highest BCUT2D eigenvalue weighted by Crippen LogP contribution is 2.52. The first-order chi connectivity index (χ1) is 6.64. The third kappa shape index (κ3) is 1.72. The van der Waals surface area contributed by atoms with E-state index in [0.717, 1.165) is 26.1 Å². The minimum atomic E-state index is 0.142. The molecule has 0 bridgehead atoms. The normalized spacial score (nSPS) is 25.1. The van der Waals surface area contributed by atoms with Crippen LogP contribution in [0.3, 0.4) is 0 Å². The number of hydrogen-bond donors (Lipinski definition) is 1. The van der Waals surface area contributed by atoms with Crippen LogP contribution in [0.5, 0.6) is 0 Å². The SMILES string of the molecule is CC(C)C1(CN2CCCNC2=O)CC1. The molecule has 1 aliphatic heterocycles. The van der Waals surface area contributed by atoms with Crippen molar-refractivity contribution in [2.45, 2.75) is 33.1 Å². The Balaban J connectivity index is 1.93. The molecule has 1 aliphatic carbocycles. The molecule has 2 rings (SSSR count). The lowest BCUT2D eigenvalue weighted by Gasteiger charge is -2.32. The summed E-state index contributed by atoms with van der Waals surface area (Å²) in [6, 6.07) is 0.142. The van der Waals surface area contributed by atoms with Crippen LogP contribution in [0, 0.1) is 11.3 Å². The van der Waals surface area contributed by atoms with E-state index in [1.54, 1.807) is 0 Å². The number of rotatable bonds is 3. The van der Waals surface area contributed by atoms with Crippen molar-refractivity contribution >= 4 is 6.03 Å². The molecule has 3 nitrogen and oxygen atoms in total. The van der Waals surface area contributed by atoms with Crippen molar-refractivity contribution in [3.63, 3.8) is 0 Å². The molecule has 2 aliphatic rings. The highest BCUT2D eigenvalue weighted by atomic mass is 16.2. The maximum atomic E-state index is 11.5. The molecule has 0 aromatic carbocycles. The van der Waals surface area contributed by atoms with E-state index >= 15 is 0 Å². The summed E-state index contributed by atoms with van der Waals surface area (Å²) in [5, 5.41) is 2.91. The van der Waals surface area contributed by atoms with E-state index in [9.17, 15) is 4.79 Å². The number of hydrogen-bond acceptors (Lipinski definition) is 1. The van der Waals surface area contributed by atoms with Gasteiger partial charge < -0.3 is 10.2 Å². The van der Waals surface area contributed by atoms with E-state index in [4.69, 9.17) is 0 Å². The number of amides is 2. The molecule has 2 fully saturated rings. The smallest absolute Gasteiger partial charge is 0.317 e. The summed E-state index contributed by atoms with van der Waals surface area (Å²) in [6.45, 7) is 7.31. The third-order valence-electron chi connectivity index (χ3n) is 3.79. The van der Waals surface area contributed by atoms with Crippen LogP contribution in [-0.4, -0.2) is 30.6 Å². The summed E-state index contributed by atoms with van der Waals surface area (Å²) in [5.74, 6) is 0.706. The second-order valence-electron chi connectivity index (χ2n) is 5.02. The molecule has 14 heavy (non-hydrogen) atoms. The van der Waals surface area contributed by atoms with Crippen molar-refractivity contribution in [2.75, 3.05) is 19.6 Å². The highest BCUT2D eigenvalue weighted by molar-refractivity contribution is 5.74. The van der Waals surface area contributed by atoms with Gasteiger partial charge in [0.05, 0.1) is 0 Å². The van der Waals surface area contributed by atoms with Gasteiger partial charge in [-0.1, -0.05) is 13.8 Å². The molecule has 0 spiro atoms.